The summed E-state index contributed by atoms with van der Waals surface area (Å²) in [6, 6.07) is 4.11. The number of anilines is 1. The lowest BCUT2D eigenvalue weighted by Crippen LogP contribution is -2.24. The Hall–Kier alpha value is -1.09. The molecule has 0 atom stereocenters. The minimum absolute atomic E-state index is 0.993. The van der Waals surface area contributed by atoms with Gasteiger partial charge in [-0.2, -0.15) is 0 Å². The average molecular weight is 235 g/mol. The van der Waals surface area contributed by atoms with Crippen molar-refractivity contribution in [3.63, 3.8) is 0 Å². The molecule has 0 bridgehead atoms. The highest BCUT2D eigenvalue weighted by Crippen LogP contribution is 2.05. The van der Waals surface area contributed by atoms with E-state index in [1.807, 2.05) is 12.3 Å². The van der Waals surface area contributed by atoms with Gasteiger partial charge in [-0.25, -0.2) is 4.98 Å². The molecule has 3 heteroatoms. The molecule has 0 radical (unpaired) electrons. The number of rotatable bonds is 8. The molecule has 0 spiro atoms. The molecule has 96 valence electrons. The van der Waals surface area contributed by atoms with E-state index in [-0.39, 0.29) is 0 Å². The molecular weight excluding hydrogens is 210 g/mol. The summed E-state index contributed by atoms with van der Waals surface area (Å²) in [7, 11) is 0. The van der Waals surface area contributed by atoms with Crippen LogP contribution < -0.4 is 5.32 Å². The van der Waals surface area contributed by atoms with Crippen LogP contribution >= 0.6 is 0 Å². The van der Waals surface area contributed by atoms with E-state index < -0.39 is 0 Å². The normalized spacial score (nSPS) is 10.8. The molecule has 3 nitrogen and oxygen atoms in total. The first-order valence-electron chi connectivity index (χ1n) is 6.65. The molecule has 0 aromatic carbocycles. The highest BCUT2D eigenvalue weighted by Gasteiger charge is 1.98. The average Bonchev–Trinajstić information content (AvgIpc) is 2.34. The molecule has 0 aliphatic heterocycles. The summed E-state index contributed by atoms with van der Waals surface area (Å²) < 4.78 is 0. The fraction of sp³-hybridized carbons (Fsp3) is 0.643. The van der Waals surface area contributed by atoms with Gasteiger partial charge in [-0.1, -0.05) is 13.8 Å². The van der Waals surface area contributed by atoms with Crippen LogP contribution in [-0.2, 0) is 0 Å². The van der Waals surface area contributed by atoms with Crippen LogP contribution in [0.5, 0.6) is 0 Å². The minimum atomic E-state index is 0.993. The zero-order valence-corrected chi connectivity index (χ0v) is 11.4. The van der Waals surface area contributed by atoms with E-state index in [1.165, 1.54) is 24.9 Å². The van der Waals surface area contributed by atoms with Gasteiger partial charge in [0.05, 0.1) is 0 Å². The Morgan fingerprint density at radius 2 is 2.00 bits per heavy atom. The minimum Gasteiger partial charge on any atom is -0.370 e. The third-order valence-corrected chi connectivity index (χ3v) is 3.02. The van der Waals surface area contributed by atoms with E-state index in [4.69, 9.17) is 0 Å². The Bertz CT molecular complexity index is 308. The quantitative estimate of drug-likeness (QED) is 0.702. The van der Waals surface area contributed by atoms with Gasteiger partial charge in [-0.15, -0.1) is 0 Å². The van der Waals surface area contributed by atoms with Gasteiger partial charge >= 0.3 is 0 Å². The van der Waals surface area contributed by atoms with Crippen molar-refractivity contribution < 1.29 is 0 Å². The lowest BCUT2D eigenvalue weighted by Gasteiger charge is -2.17. The maximum Gasteiger partial charge on any atom is 0.126 e. The first kappa shape index (κ1) is 14.0. The lowest BCUT2D eigenvalue weighted by molar-refractivity contribution is 0.298. The van der Waals surface area contributed by atoms with Gasteiger partial charge in [0, 0.05) is 12.7 Å². The van der Waals surface area contributed by atoms with Crippen LogP contribution in [-0.4, -0.2) is 36.1 Å². The maximum absolute atomic E-state index is 4.28. The summed E-state index contributed by atoms with van der Waals surface area (Å²) >= 11 is 0. The van der Waals surface area contributed by atoms with Crippen LogP contribution in [0.4, 0.5) is 5.82 Å². The van der Waals surface area contributed by atoms with Crippen molar-refractivity contribution in [2.45, 2.75) is 33.6 Å². The second-order valence-corrected chi connectivity index (χ2v) is 4.38. The number of pyridine rings is 1. The lowest BCUT2D eigenvalue weighted by atomic mass is 10.2. The van der Waals surface area contributed by atoms with Crippen LogP contribution in [0, 0.1) is 6.92 Å². The fourth-order valence-corrected chi connectivity index (χ4v) is 1.85. The Kier molecular flexibility index (Phi) is 6.63. The molecule has 0 amide bonds. The first-order valence-corrected chi connectivity index (χ1v) is 6.65. The molecule has 0 saturated carbocycles. The zero-order chi connectivity index (χ0) is 12.5. The Morgan fingerprint density at radius 1 is 1.24 bits per heavy atom. The van der Waals surface area contributed by atoms with Gasteiger partial charge in [0.15, 0.2) is 0 Å². The molecule has 1 aromatic heterocycles. The van der Waals surface area contributed by atoms with Gasteiger partial charge in [-0.05, 0) is 57.1 Å². The van der Waals surface area contributed by atoms with Crippen LogP contribution in [0.2, 0.25) is 0 Å². The molecule has 0 aliphatic rings. The number of nitrogens with zero attached hydrogens (tertiary/aromatic N) is 2. The van der Waals surface area contributed by atoms with E-state index in [9.17, 15) is 0 Å². The van der Waals surface area contributed by atoms with Crippen LogP contribution in [0.15, 0.2) is 18.3 Å². The van der Waals surface area contributed by atoms with E-state index in [0.717, 1.165) is 25.5 Å². The summed E-state index contributed by atoms with van der Waals surface area (Å²) in [4.78, 5) is 6.75. The number of hydrogen-bond donors (Lipinski definition) is 1. The Balaban J connectivity index is 2.12. The largest absolute Gasteiger partial charge is 0.370 e. The van der Waals surface area contributed by atoms with Crippen molar-refractivity contribution >= 4 is 5.82 Å². The molecule has 1 aromatic rings. The summed E-state index contributed by atoms with van der Waals surface area (Å²) in [5, 5.41) is 3.37. The van der Waals surface area contributed by atoms with Crippen molar-refractivity contribution in [1.29, 1.82) is 0 Å². The van der Waals surface area contributed by atoms with E-state index in [1.54, 1.807) is 0 Å². The number of aromatic nitrogens is 1. The SMILES string of the molecule is CCN(CC)CCCCNc1cc(C)ccn1. The topological polar surface area (TPSA) is 28.2 Å². The predicted molar refractivity (Wildman–Crippen MR) is 74.5 cm³/mol. The number of aryl methyl sites for hydroxylation is 1. The molecule has 0 aliphatic carbocycles. The van der Waals surface area contributed by atoms with Crippen LogP contribution in [0.25, 0.3) is 0 Å². The molecular formula is C14H25N3. The van der Waals surface area contributed by atoms with E-state index >= 15 is 0 Å². The van der Waals surface area contributed by atoms with Crippen molar-refractivity contribution in [3.05, 3.63) is 23.9 Å². The number of unbranched alkanes of at least 4 members (excludes halogenated alkanes) is 1. The van der Waals surface area contributed by atoms with Crippen LogP contribution in [0.1, 0.15) is 32.3 Å². The van der Waals surface area contributed by atoms with Gasteiger partial charge < -0.3 is 10.2 Å². The highest BCUT2D eigenvalue weighted by atomic mass is 15.1. The van der Waals surface area contributed by atoms with Crippen molar-refractivity contribution in [2.75, 3.05) is 31.5 Å². The smallest absolute Gasteiger partial charge is 0.126 e. The standard InChI is InChI=1S/C14H25N3/c1-4-17(5-2)11-7-6-9-15-14-12-13(3)8-10-16-14/h8,10,12H,4-7,9,11H2,1-3H3,(H,15,16). The Labute approximate surface area is 105 Å². The number of nitrogens with one attached hydrogen (secondary N) is 1. The summed E-state index contributed by atoms with van der Waals surface area (Å²) in [5.74, 6) is 0.993. The zero-order valence-electron chi connectivity index (χ0n) is 11.4. The van der Waals surface area contributed by atoms with Gasteiger partial charge in [0.1, 0.15) is 5.82 Å². The van der Waals surface area contributed by atoms with Crippen molar-refractivity contribution in [3.8, 4) is 0 Å². The van der Waals surface area contributed by atoms with E-state index in [2.05, 4.69) is 42.0 Å². The highest BCUT2D eigenvalue weighted by molar-refractivity contribution is 5.36. The van der Waals surface area contributed by atoms with Gasteiger partial charge in [0.2, 0.25) is 0 Å². The third kappa shape index (κ3) is 5.68. The summed E-state index contributed by atoms with van der Waals surface area (Å²) in [6.07, 6.45) is 4.31. The molecule has 0 fully saturated rings. The maximum atomic E-state index is 4.28. The third-order valence-electron chi connectivity index (χ3n) is 3.02. The molecule has 1 N–H and O–H groups in total. The molecule has 0 saturated heterocycles. The monoisotopic (exact) mass is 235 g/mol. The number of hydrogen-bond acceptors (Lipinski definition) is 3. The van der Waals surface area contributed by atoms with Crippen molar-refractivity contribution in [2.24, 2.45) is 0 Å². The fourth-order valence-electron chi connectivity index (χ4n) is 1.85. The second kappa shape index (κ2) is 8.07. The van der Waals surface area contributed by atoms with Gasteiger partial charge in [-0.3, -0.25) is 0 Å². The van der Waals surface area contributed by atoms with E-state index in [0.29, 0.717) is 0 Å². The molecule has 1 heterocycles. The molecule has 17 heavy (non-hydrogen) atoms. The van der Waals surface area contributed by atoms with Crippen LogP contribution in [0.3, 0.4) is 0 Å². The second-order valence-electron chi connectivity index (χ2n) is 4.38. The summed E-state index contributed by atoms with van der Waals surface area (Å²) in [6.45, 7) is 11.1. The first-order chi connectivity index (χ1) is 8.26. The Morgan fingerprint density at radius 3 is 2.65 bits per heavy atom. The summed E-state index contributed by atoms with van der Waals surface area (Å²) in [5.41, 5.74) is 1.26. The predicted octanol–water partition coefficient (Wildman–Crippen LogP) is 2.92. The molecule has 0 unspecified atom stereocenters. The van der Waals surface area contributed by atoms with Gasteiger partial charge in [0.25, 0.3) is 0 Å². The van der Waals surface area contributed by atoms with Crippen molar-refractivity contribution in [1.82, 2.24) is 9.88 Å². The molecule has 1 rings (SSSR count).